The molecule has 0 fully saturated rings. The van der Waals surface area contributed by atoms with Crippen molar-refractivity contribution in [3.8, 4) is 0 Å². The summed E-state index contributed by atoms with van der Waals surface area (Å²) < 4.78 is 9.65. The van der Waals surface area contributed by atoms with Crippen LogP contribution in [0.5, 0.6) is 0 Å². The molecular weight excluding hydrogens is 224 g/mol. The third kappa shape index (κ3) is 7.57. The topological polar surface area (TPSA) is 76.7 Å². The standard InChI is InChI=1S/C11H22N2O4/c1-6-12-8(9(14)16-5)7-13-10(15)17-11(2,3)4/h8,12H,6-7H2,1-5H3,(H,13,15)/t8-/m0/s1. The van der Waals surface area contributed by atoms with Gasteiger partial charge in [-0.2, -0.15) is 0 Å². The Morgan fingerprint density at radius 1 is 1.29 bits per heavy atom. The van der Waals surface area contributed by atoms with Gasteiger partial charge in [-0.05, 0) is 27.3 Å². The van der Waals surface area contributed by atoms with Crippen LogP contribution in [0.3, 0.4) is 0 Å². The molecule has 0 aliphatic carbocycles. The zero-order valence-electron chi connectivity index (χ0n) is 11.1. The largest absolute Gasteiger partial charge is 0.468 e. The number of hydrogen-bond acceptors (Lipinski definition) is 5. The molecule has 0 saturated carbocycles. The van der Waals surface area contributed by atoms with Gasteiger partial charge in [0.15, 0.2) is 0 Å². The van der Waals surface area contributed by atoms with Crippen molar-refractivity contribution in [2.75, 3.05) is 20.2 Å². The van der Waals surface area contributed by atoms with Crippen molar-refractivity contribution < 1.29 is 19.1 Å². The van der Waals surface area contributed by atoms with E-state index < -0.39 is 23.7 Å². The van der Waals surface area contributed by atoms with E-state index >= 15 is 0 Å². The number of likely N-dealkylation sites (N-methyl/N-ethyl adjacent to an activating group) is 1. The number of carbonyl (C=O) groups excluding carboxylic acids is 2. The van der Waals surface area contributed by atoms with Crippen molar-refractivity contribution in [2.45, 2.75) is 39.3 Å². The Kier molecular flexibility index (Phi) is 6.57. The summed E-state index contributed by atoms with van der Waals surface area (Å²) in [7, 11) is 1.31. The highest BCUT2D eigenvalue weighted by atomic mass is 16.6. The van der Waals surface area contributed by atoms with E-state index in [0.29, 0.717) is 6.54 Å². The van der Waals surface area contributed by atoms with Gasteiger partial charge < -0.3 is 20.1 Å². The lowest BCUT2D eigenvalue weighted by molar-refractivity contribution is -0.142. The Hall–Kier alpha value is -1.30. The molecule has 0 aliphatic rings. The maximum atomic E-state index is 11.4. The molecular formula is C11H22N2O4. The zero-order chi connectivity index (χ0) is 13.5. The number of nitrogens with one attached hydrogen (secondary N) is 2. The third-order valence-corrected chi connectivity index (χ3v) is 1.79. The van der Waals surface area contributed by atoms with E-state index in [1.807, 2.05) is 6.92 Å². The van der Waals surface area contributed by atoms with Gasteiger partial charge in [-0.1, -0.05) is 6.92 Å². The van der Waals surface area contributed by atoms with E-state index in [1.54, 1.807) is 20.8 Å². The second kappa shape index (κ2) is 7.11. The van der Waals surface area contributed by atoms with Crippen molar-refractivity contribution in [1.29, 1.82) is 0 Å². The van der Waals surface area contributed by atoms with Crippen LogP contribution in [0.15, 0.2) is 0 Å². The average Bonchev–Trinajstić information content (AvgIpc) is 2.20. The van der Waals surface area contributed by atoms with Crippen LogP contribution >= 0.6 is 0 Å². The maximum Gasteiger partial charge on any atom is 0.407 e. The summed E-state index contributed by atoms with van der Waals surface area (Å²) in [4.78, 5) is 22.7. The Labute approximate surface area is 102 Å². The summed E-state index contributed by atoms with van der Waals surface area (Å²) in [5.74, 6) is -0.414. The molecule has 0 heterocycles. The molecule has 6 nitrogen and oxygen atoms in total. The Morgan fingerprint density at radius 3 is 2.29 bits per heavy atom. The molecule has 0 aliphatic heterocycles. The van der Waals surface area contributed by atoms with E-state index in [0.717, 1.165) is 0 Å². The number of amides is 1. The third-order valence-electron chi connectivity index (χ3n) is 1.79. The monoisotopic (exact) mass is 246 g/mol. The van der Waals surface area contributed by atoms with Crippen LogP contribution in [-0.2, 0) is 14.3 Å². The molecule has 0 spiro atoms. The van der Waals surface area contributed by atoms with Crippen LogP contribution in [0.2, 0.25) is 0 Å². The second-order valence-electron chi connectivity index (χ2n) is 4.52. The number of hydrogen-bond donors (Lipinski definition) is 2. The van der Waals surface area contributed by atoms with Gasteiger partial charge in [-0.25, -0.2) is 4.79 Å². The fraction of sp³-hybridized carbons (Fsp3) is 0.818. The molecule has 0 aromatic carbocycles. The van der Waals surface area contributed by atoms with Crippen LogP contribution in [0, 0.1) is 0 Å². The first kappa shape index (κ1) is 15.7. The summed E-state index contributed by atoms with van der Waals surface area (Å²) in [6, 6.07) is -0.558. The molecule has 6 heteroatoms. The SMILES string of the molecule is CCN[C@@H](CNC(=O)OC(C)(C)C)C(=O)OC. The van der Waals surface area contributed by atoms with Crippen LogP contribution in [-0.4, -0.2) is 43.9 Å². The molecule has 17 heavy (non-hydrogen) atoms. The molecule has 0 radical (unpaired) electrons. The fourth-order valence-corrected chi connectivity index (χ4v) is 1.13. The lowest BCUT2D eigenvalue weighted by Gasteiger charge is -2.21. The summed E-state index contributed by atoms with van der Waals surface area (Å²) in [6.45, 7) is 7.92. The number of alkyl carbamates (subject to hydrolysis) is 1. The second-order valence-corrected chi connectivity index (χ2v) is 4.52. The number of ether oxygens (including phenoxy) is 2. The minimum absolute atomic E-state index is 0.134. The van der Waals surface area contributed by atoms with Crippen LogP contribution in [0.1, 0.15) is 27.7 Å². The molecule has 100 valence electrons. The molecule has 1 atom stereocenters. The summed E-state index contributed by atoms with van der Waals surface area (Å²) in [6.07, 6.45) is -0.552. The Bertz CT molecular complexity index is 261. The number of methoxy groups -OCH3 is 1. The van der Waals surface area contributed by atoms with E-state index in [-0.39, 0.29) is 6.54 Å². The number of rotatable bonds is 5. The van der Waals surface area contributed by atoms with Crippen LogP contribution in [0.25, 0.3) is 0 Å². The van der Waals surface area contributed by atoms with E-state index in [4.69, 9.17) is 4.74 Å². The number of esters is 1. The smallest absolute Gasteiger partial charge is 0.407 e. The highest BCUT2D eigenvalue weighted by molar-refractivity contribution is 5.77. The van der Waals surface area contributed by atoms with Gasteiger partial charge in [0.05, 0.1) is 7.11 Å². The first-order chi connectivity index (χ1) is 7.80. The molecule has 0 unspecified atom stereocenters. The molecule has 0 rings (SSSR count). The lowest BCUT2D eigenvalue weighted by Crippen LogP contribution is -2.47. The van der Waals surface area contributed by atoms with Gasteiger partial charge in [-0.15, -0.1) is 0 Å². The summed E-state index contributed by atoms with van der Waals surface area (Å²) in [5.41, 5.74) is -0.553. The molecule has 0 aromatic rings. The van der Waals surface area contributed by atoms with Gasteiger partial charge >= 0.3 is 12.1 Å². The average molecular weight is 246 g/mol. The lowest BCUT2D eigenvalue weighted by atomic mass is 10.2. The van der Waals surface area contributed by atoms with Crippen molar-refractivity contribution >= 4 is 12.1 Å². The van der Waals surface area contributed by atoms with E-state index in [1.165, 1.54) is 7.11 Å². The fourth-order valence-electron chi connectivity index (χ4n) is 1.13. The van der Waals surface area contributed by atoms with Crippen molar-refractivity contribution in [3.63, 3.8) is 0 Å². The highest BCUT2D eigenvalue weighted by Gasteiger charge is 2.21. The molecule has 2 N–H and O–H groups in total. The number of carbonyl (C=O) groups is 2. The minimum atomic E-state index is -0.558. The van der Waals surface area contributed by atoms with Crippen LogP contribution < -0.4 is 10.6 Å². The summed E-state index contributed by atoms with van der Waals surface area (Å²) >= 11 is 0. The predicted octanol–water partition coefficient (Wildman–Crippen LogP) is 0.662. The van der Waals surface area contributed by atoms with Crippen LogP contribution in [0.4, 0.5) is 4.79 Å². The van der Waals surface area contributed by atoms with Crippen molar-refractivity contribution in [1.82, 2.24) is 10.6 Å². The van der Waals surface area contributed by atoms with Gasteiger partial charge in [0.2, 0.25) is 0 Å². The van der Waals surface area contributed by atoms with Gasteiger partial charge in [0.1, 0.15) is 11.6 Å². The quantitative estimate of drug-likeness (QED) is 0.697. The van der Waals surface area contributed by atoms with E-state index in [9.17, 15) is 9.59 Å². The first-order valence-electron chi connectivity index (χ1n) is 5.58. The molecule has 0 aromatic heterocycles. The van der Waals surface area contributed by atoms with E-state index in [2.05, 4.69) is 15.4 Å². The first-order valence-corrected chi connectivity index (χ1v) is 5.58. The highest BCUT2D eigenvalue weighted by Crippen LogP contribution is 2.06. The Balaban J connectivity index is 4.13. The zero-order valence-corrected chi connectivity index (χ0v) is 11.1. The van der Waals surface area contributed by atoms with Crippen molar-refractivity contribution in [3.05, 3.63) is 0 Å². The van der Waals surface area contributed by atoms with Gasteiger partial charge in [0.25, 0.3) is 0 Å². The van der Waals surface area contributed by atoms with Crippen molar-refractivity contribution in [2.24, 2.45) is 0 Å². The summed E-state index contributed by atoms with van der Waals surface area (Å²) in [5, 5.41) is 5.42. The van der Waals surface area contributed by atoms with Gasteiger partial charge in [0, 0.05) is 6.54 Å². The minimum Gasteiger partial charge on any atom is -0.468 e. The predicted molar refractivity (Wildman–Crippen MR) is 63.7 cm³/mol. The normalized spacial score (nSPS) is 12.8. The van der Waals surface area contributed by atoms with Gasteiger partial charge in [-0.3, -0.25) is 4.79 Å². The molecule has 1 amide bonds. The molecule has 0 bridgehead atoms. The maximum absolute atomic E-state index is 11.4. The Morgan fingerprint density at radius 2 is 1.88 bits per heavy atom. The molecule has 0 saturated heterocycles.